The molecule has 1 aliphatic rings. The van der Waals surface area contributed by atoms with Crippen molar-refractivity contribution >= 4 is 29.0 Å². The summed E-state index contributed by atoms with van der Waals surface area (Å²) in [5.41, 5.74) is 0.760. The van der Waals surface area contributed by atoms with E-state index in [-0.39, 0.29) is 11.8 Å². The molecular formula is C18H25ClN6O. The van der Waals surface area contributed by atoms with Gasteiger partial charge in [-0.15, -0.1) is 0 Å². The smallest absolute Gasteiger partial charge is 0.227 e. The van der Waals surface area contributed by atoms with Gasteiger partial charge >= 0.3 is 0 Å². The number of nitrogens with zero attached hydrogens (tertiary/aromatic N) is 5. The van der Waals surface area contributed by atoms with Gasteiger partial charge in [0.1, 0.15) is 5.82 Å². The number of hydrogen-bond acceptors (Lipinski definition) is 5. The first-order chi connectivity index (χ1) is 12.5. The van der Waals surface area contributed by atoms with Gasteiger partial charge in [-0.3, -0.25) is 9.48 Å². The van der Waals surface area contributed by atoms with Crippen molar-refractivity contribution in [3.63, 3.8) is 0 Å². The molecule has 0 saturated carbocycles. The largest absolute Gasteiger partial charge is 0.357 e. The number of hydrogen-bond donors (Lipinski definition) is 1. The van der Waals surface area contributed by atoms with Crippen molar-refractivity contribution in [2.24, 2.45) is 5.92 Å². The van der Waals surface area contributed by atoms with E-state index in [1.165, 1.54) is 0 Å². The fourth-order valence-electron chi connectivity index (χ4n) is 3.02. The summed E-state index contributed by atoms with van der Waals surface area (Å²) in [6, 6.07) is 3.77. The first-order valence-corrected chi connectivity index (χ1v) is 9.23. The van der Waals surface area contributed by atoms with Crippen molar-refractivity contribution in [1.82, 2.24) is 19.7 Å². The second kappa shape index (κ2) is 8.51. The number of halogens is 1. The van der Waals surface area contributed by atoms with Crippen LogP contribution in [0.5, 0.6) is 0 Å². The minimum atomic E-state index is 0.0173. The van der Waals surface area contributed by atoms with Crippen molar-refractivity contribution in [3.8, 4) is 0 Å². The van der Waals surface area contributed by atoms with E-state index in [4.69, 9.17) is 11.6 Å². The molecule has 8 heteroatoms. The standard InChI is InChI=1S/C18H25ClN6O/c1-23(2)9-10-25-13-16(12-21-25)22-18(26)14-5-7-24(8-6-14)17-4-3-15(19)11-20-17/h3-4,11-14H,5-10H2,1-2H3,(H,22,26). The highest BCUT2D eigenvalue weighted by Gasteiger charge is 2.25. The monoisotopic (exact) mass is 376 g/mol. The van der Waals surface area contributed by atoms with Crippen LogP contribution in [-0.4, -0.2) is 59.3 Å². The summed E-state index contributed by atoms with van der Waals surface area (Å²) in [4.78, 5) is 21.2. The molecule has 3 heterocycles. The molecule has 2 aromatic heterocycles. The van der Waals surface area contributed by atoms with Crippen molar-refractivity contribution in [3.05, 3.63) is 35.7 Å². The topological polar surface area (TPSA) is 66.3 Å². The van der Waals surface area contributed by atoms with E-state index in [0.29, 0.717) is 5.02 Å². The van der Waals surface area contributed by atoms with Crippen molar-refractivity contribution < 1.29 is 4.79 Å². The zero-order valence-corrected chi connectivity index (χ0v) is 16.0. The summed E-state index contributed by atoms with van der Waals surface area (Å²) in [7, 11) is 4.05. The van der Waals surface area contributed by atoms with E-state index in [1.807, 2.05) is 37.1 Å². The van der Waals surface area contributed by atoms with Gasteiger partial charge in [-0.05, 0) is 39.1 Å². The predicted octanol–water partition coefficient (Wildman–Crippen LogP) is 2.35. The summed E-state index contributed by atoms with van der Waals surface area (Å²) in [5.74, 6) is 1.000. The van der Waals surface area contributed by atoms with Crippen LogP contribution in [0.25, 0.3) is 0 Å². The zero-order valence-electron chi connectivity index (χ0n) is 15.2. The average Bonchev–Trinajstić information content (AvgIpc) is 3.08. The van der Waals surface area contributed by atoms with Gasteiger partial charge in [0, 0.05) is 37.9 Å². The number of rotatable bonds is 6. The average molecular weight is 377 g/mol. The normalized spacial score (nSPS) is 15.5. The lowest BCUT2D eigenvalue weighted by molar-refractivity contribution is -0.120. The lowest BCUT2D eigenvalue weighted by Gasteiger charge is -2.32. The van der Waals surface area contributed by atoms with Crippen LogP contribution in [0.2, 0.25) is 5.02 Å². The molecule has 0 spiro atoms. The third kappa shape index (κ3) is 4.95. The van der Waals surface area contributed by atoms with Crippen LogP contribution >= 0.6 is 11.6 Å². The molecule has 2 aromatic rings. The quantitative estimate of drug-likeness (QED) is 0.838. The van der Waals surface area contributed by atoms with E-state index >= 15 is 0 Å². The Morgan fingerprint density at radius 1 is 1.31 bits per heavy atom. The molecule has 0 unspecified atom stereocenters. The highest BCUT2D eigenvalue weighted by atomic mass is 35.5. The molecule has 1 saturated heterocycles. The second-order valence-electron chi connectivity index (χ2n) is 6.88. The molecule has 7 nitrogen and oxygen atoms in total. The molecule has 3 rings (SSSR count). The predicted molar refractivity (Wildman–Crippen MR) is 104 cm³/mol. The molecule has 140 valence electrons. The molecule has 0 aromatic carbocycles. The molecule has 1 N–H and O–H groups in total. The van der Waals surface area contributed by atoms with Gasteiger partial charge < -0.3 is 15.1 Å². The Morgan fingerprint density at radius 2 is 2.08 bits per heavy atom. The Kier molecular flexibility index (Phi) is 6.11. The Balaban J connectivity index is 1.48. The Hall–Kier alpha value is -2.12. The summed E-state index contributed by atoms with van der Waals surface area (Å²) in [6.07, 6.45) is 6.87. The summed E-state index contributed by atoms with van der Waals surface area (Å²) in [6.45, 7) is 3.34. The molecule has 0 atom stereocenters. The van der Waals surface area contributed by atoms with E-state index in [1.54, 1.807) is 12.4 Å². The highest BCUT2D eigenvalue weighted by molar-refractivity contribution is 6.30. The van der Waals surface area contributed by atoms with Crippen LogP contribution in [-0.2, 0) is 11.3 Å². The maximum atomic E-state index is 12.5. The molecule has 26 heavy (non-hydrogen) atoms. The van der Waals surface area contributed by atoms with E-state index in [2.05, 4.69) is 25.2 Å². The van der Waals surface area contributed by atoms with Crippen LogP contribution in [0.3, 0.4) is 0 Å². The first-order valence-electron chi connectivity index (χ1n) is 8.86. The second-order valence-corrected chi connectivity index (χ2v) is 7.32. The summed E-state index contributed by atoms with van der Waals surface area (Å²) in [5, 5.41) is 7.92. The molecule has 1 amide bonds. The first kappa shape index (κ1) is 18.7. The van der Waals surface area contributed by atoms with E-state index in [0.717, 1.165) is 50.5 Å². The Labute approximate surface area is 158 Å². The minimum Gasteiger partial charge on any atom is -0.357 e. The fraction of sp³-hybridized carbons (Fsp3) is 0.500. The molecule has 0 aliphatic carbocycles. The number of piperidine rings is 1. The number of likely N-dealkylation sites (N-methyl/N-ethyl adjacent to an activating group) is 1. The minimum absolute atomic E-state index is 0.0173. The summed E-state index contributed by atoms with van der Waals surface area (Å²) < 4.78 is 1.85. The third-order valence-corrected chi connectivity index (χ3v) is 4.80. The van der Waals surface area contributed by atoms with Crippen LogP contribution in [0.1, 0.15) is 12.8 Å². The van der Waals surface area contributed by atoms with Crippen molar-refractivity contribution in [2.45, 2.75) is 19.4 Å². The lowest BCUT2D eigenvalue weighted by atomic mass is 9.96. The Bertz CT molecular complexity index is 722. The number of carbonyl (C=O) groups excluding carboxylic acids is 1. The SMILES string of the molecule is CN(C)CCn1cc(NC(=O)C2CCN(c3ccc(Cl)cn3)CC2)cn1. The van der Waals surface area contributed by atoms with Crippen LogP contribution in [0.4, 0.5) is 11.5 Å². The maximum absolute atomic E-state index is 12.5. The number of nitrogens with one attached hydrogen (secondary N) is 1. The lowest BCUT2D eigenvalue weighted by Crippen LogP contribution is -2.38. The van der Waals surface area contributed by atoms with Gasteiger partial charge in [0.25, 0.3) is 0 Å². The highest BCUT2D eigenvalue weighted by Crippen LogP contribution is 2.23. The van der Waals surface area contributed by atoms with E-state index < -0.39 is 0 Å². The van der Waals surface area contributed by atoms with Gasteiger partial charge in [-0.25, -0.2) is 4.98 Å². The number of amides is 1. The van der Waals surface area contributed by atoms with Crippen LogP contribution in [0.15, 0.2) is 30.7 Å². The van der Waals surface area contributed by atoms with Gasteiger partial charge in [-0.2, -0.15) is 5.10 Å². The van der Waals surface area contributed by atoms with Crippen LogP contribution < -0.4 is 10.2 Å². The number of aromatic nitrogens is 3. The number of pyridine rings is 1. The Morgan fingerprint density at radius 3 is 2.73 bits per heavy atom. The molecule has 0 radical (unpaired) electrons. The van der Waals surface area contributed by atoms with Gasteiger partial charge in [0.15, 0.2) is 0 Å². The fourth-order valence-corrected chi connectivity index (χ4v) is 3.13. The molecule has 1 fully saturated rings. The number of carbonyl (C=O) groups is 1. The summed E-state index contributed by atoms with van der Waals surface area (Å²) >= 11 is 5.89. The number of anilines is 2. The molecule has 0 bridgehead atoms. The van der Waals surface area contributed by atoms with Crippen molar-refractivity contribution in [1.29, 1.82) is 0 Å². The molecular weight excluding hydrogens is 352 g/mol. The zero-order chi connectivity index (χ0) is 18.5. The van der Waals surface area contributed by atoms with Crippen molar-refractivity contribution in [2.75, 3.05) is 43.9 Å². The molecule has 1 aliphatic heterocycles. The maximum Gasteiger partial charge on any atom is 0.227 e. The van der Waals surface area contributed by atoms with Crippen LogP contribution in [0, 0.1) is 5.92 Å². The van der Waals surface area contributed by atoms with Gasteiger partial charge in [0.05, 0.1) is 23.5 Å². The van der Waals surface area contributed by atoms with E-state index in [9.17, 15) is 4.79 Å². The van der Waals surface area contributed by atoms with Gasteiger partial charge in [0.2, 0.25) is 5.91 Å². The van der Waals surface area contributed by atoms with Gasteiger partial charge in [-0.1, -0.05) is 11.6 Å². The third-order valence-electron chi connectivity index (χ3n) is 4.58.